The molecule has 4 aromatic rings. The molecule has 0 saturated carbocycles. The van der Waals surface area contributed by atoms with E-state index in [1.54, 1.807) is 24.4 Å². The Morgan fingerprint density at radius 2 is 1.87 bits per heavy atom. The van der Waals surface area contributed by atoms with E-state index >= 15 is 4.39 Å². The smallest absolute Gasteiger partial charge is 0.318 e. The fourth-order valence-electron chi connectivity index (χ4n) is 4.68. The van der Waals surface area contributed by atoms with Gasteiger partial charge in [-0.25, -0.2) is 8.78 Å². The standard InChI is InChI=1S/C23H19F2N5O/c1-31-23-28-21-18(22(29-23)30-10-14-8-15(11-30)27-14)9-26-20(19(21)25)16-4-2-3-12-5-6-13(24)7-17(12)16/h2-7,9,14-15,27H,8,10-11H2,1H3. The largest absolute Gasteiger partial charge is 0.467 e. The van der Waals surface area contributed by atoms with Gasteiger partial charge in [-0.15, -0.1) is 0 Å². The van der Waals surface area contributed by atoms with Gasteiger partial charge in [0.2, 0.25) is 0 Å². The summed E-state index contributed by atoms with van der Waals surface area (Å²) in [5.74, 6) is -0.332. The molecule has 3 aliphatic heterocycles. The Hall–Kier alpha value is -3.39. The minimum atomic E-state index is -0.573. The maximum Gasteiger partial charge on any atom is 0.318 e. The van der Waals surface area contributed by atoms with Crippen molar-refractivity contribution < 1.29 is 13.5 Å². The minimum Gasteiger partial charge on any atom is -0.467 e. The number of nitrogens with zero attached hydrogens (tertiary/aromatic N) is 4. The van der Waals surface area contributed by atoms with Crippen molar-refractivity contribution in [1.29, 1.82) is 0 Å². The Labute approximate surface area is 176 Å². The average molecular weight is 419 g/mol. The molecule has 2 bridgehead atoms. The number of piperazine rings is 1. The fraction of sp³-hybridized carbons (Fsp3) is 0.261. The van der Waals surface area contributed by atoms with E-state index in [4.69, 9.17) is 4.74 Å². The summed E-state index contributed by atoms with van der Waals surface area (Å²) in [6.45, 7) is 1.58. The van der Waals surface area contributed by atoms with Crippen LogP contribution in [0.15, 0.2) is 42.6 Å². The summed E-state index contributed by atoms with van der Waals surface area (Å²) in [4.78, 5) is 15.4. The second-order valence-corrected chi connectivity index (χ2v) is 8.09. The summed E-state index contributed by atoms with van der Waals surface area (Å²) in [6.07, 6.45) is 2.75. The fourth-order valence-corrected chi connectivity index (χ4v) is 4.68. The molecule has 0 aliphatic carbocycles. The van der Waals surface area contributed by atoms with Crippen molar-refractivity contribution in [2.24, 2.45) is 0 Å². The van der Waals surface area contributed by atoms with Crippen LogP contribution in [0.25, 0.3) is 32.9 Å². The molecule has 0 radical (unpaired) electrons. The number of ether oxygens (including phenoxy) is 1. The molecule has 0 spiro atoms. The maximum atomic E-state index is 15.8. The average Bonchev–Trinajstić information content (AvgIpc) is 2.78. The zero-order chi connectivity index (χ0) is 21.1. The van der Waals surface area contributed by atoms with Gasteiger partial charge in [-0.3, -0.25) is 4.98 Å². The number of methoxy groups -OCH3 is 1. The van der Waals surface area contributed by atoms with Crippen molar-refractivity contribution in [3.05, 3.63) is 54.2 Å². The van der Waals surface area contributed by atoms with Gasteiger partial charge in [0.15, 0.2) is 5.82 Å². The van der Waals surface area contributed by atoms with E-state index in [1.165, 1.54) is 19.2 Å². The molecule has 2 aromatic carbocycles. The van der Waals surface area contributed by atoms with Gasteiger partial charge in [0, 0.05) is 36.9 Å². The number of hydrogen-bond acceptors (Lipinski definition) is 6. The number of hydrogen-bond donors (Lipinski definition) is 1. The van der Waals surface area contributed by atoms with Gasteiger partial charge in [-0.1, -0.05) is 24.3 Å². The van der Waals surface area contributed by atoms with Crippen LogP contribution in [-0.4, -0.2) is 47.2 Å². The van der Waals surface area contributed by atoms with Gasteiger partial charge in [0.05, 0.1) is 12.5 Å². The van der Waals surface area contributed by atoms with Crippen molar-refractivity contribution in [2.75, 3.05) is 25.1 Å². The Bertz CT molecular complexity index is 1330. The number of aromatic nitrogens is 3. The predicted octanol–water partition coefficient (Wildman–Crippen LogP) is 3.68. The highest BCUT2D eigenvalue weighted by Gasteiger charge is 2.38. The number of pyridine rings is 1. The zero-order valence-electron chi connectivity index (χ0n) is 16.8. The van der Waals surface area contributed by atoms with Gasteiger partial charge in [-0.05, 0) is 29.3 Å². The van der Waals surface area contributed by atoms with Crippen LogP contribution in [0.4, 0.5) is 14.6 Å². The summed E-state index contributed by atoms with van der Waals surface area (Å²) in [5.41, 5.74) is 0.782. The van der Waals surface area contributed by atoms with E-state index in [-0.39, 0.29) is 23.0 Å². The second-order valence-electron chi connectivity index (χ2n) is 8.09. The number of halogens is 2. The molecule has 8 heteroatoms. The summed E-state index contributed by atoms with van der Waals surface area (Å²) in [7, 11) is 1.47. The first-order chi connectivity index (χ1) is 15.1. The first-order valence-corrected chi connectivity index (χ1v) is 10.2. The Morgan fingerprint density at radius 3 is 2.65 bits per heavy atom. The number of anilines is 1. The minimum absolute atomic E-state index is 0.106. The molecule has 6 nitrogen and oxygen atoms in total. The first-order valence-electron chi connectivity index (χ1n) is 10.2. The number of benzene rings is 2. The van der Waals surface area contributed by atoms with Crippen LogP contribution in [0, 0.1) is 11.6 Å². The van der Waals surface area contributed by atoms with Gasteiger partial charge < -0.3 is 15.0 Å². The molecule has 2 atom stereocenters. The summed E-state index contributed by atoms with van der Waals surface area (Å²) < 4.78 is 35.0. The van der Waals surface area contributed by atoms with Crippen LogP contribution in [-0.2, 0) is 0 Å². The topological polar surface area (TPSA) is 63.2 Å². The summed E-state index contributed by atoms with van der Waals surface area (Å²) in [6, 6.07) is 10.8. The molecule has 3 fully saturated rings. The molecule has 0 amide bonds. The summed E-state index contributed by atoms with van der Waals surface area (Å²) in [5, 5.41) is 5.42. The van der Waals surface area contributed by atoms with Crippen molar-refractivity contribution in [3.8, 4) is 17.3 Å². The molecule has 156 valence electrons. The van der Waals surface area contributed by atoms with Crippen molar-refractivity contribution in [3.63, 3.8) is 0 Å². The van der Waals surface area contributed by atoms with Crippen molar-refractivity contribution in [1.82, 2.24) is 20.3 Å². The quantitative estimate of drug-likeness (QED) is 0.547. The number of rotatable bonds is 3. The lowest BCUT2D eigenvalue weighted by Crippen LogP contribution is -2.67. The first kappa shape index (κ1) is 18.4. The lowest BCUT2D eigenvalue weighted by molar-refractivity contribution is 0.225. The highest BCUT2D eigenvalue weighted by atomic mass is 19.1. The highest BCUT2D eigenvalue weighted by Crippen LogP contribution is 2.36. The molecule has 2 unspecified atom stereocenters. The second kappa shape index (κ2) is 6.81. The molecule has 7 rings (SSSR count). The van der Waals surface area contributed by atoms with Crippen molar-refractivity contribution in [2.45, 2.75) is 18.5 Å². The van der Waals surface area contributed by atoms with E-state index in [0.717, 1.165) is 24.9 Å². The molecule has 5 heterocycles. The predicted molar refractivity (Wildman–Crippen MR) is 114 cm³/mol. The summed E-state index contributed by atoms with van der Waals surface area (Å²) >= 11 is 0. The molecule has 3 saturated heterocycles. The zero-order valence-corrected chi connectivity index (χ0v) is 16.8. The third-order valence-corrected chi connectivity index (χ3v) is 6.15. The van der Waals surface area contributed by atoms with E-state index in [1.807, 2.05) is 6.07 Å². The van der Waals surface area contributed by atoms with Gasteiger partial charge in [-0.2, -0.15) is 9.97 Å². The van der Waals surface area contributed by atoms with E-state index < -0.39 is 5.82 Å². The molecular formula is C23H19F2N5O. The van der Waals surface area contributed by atoms with E-state index in [0.29, 0.717) is 34.2 Å². The van der Waals surface area contributed by atoms with Crippen LogP contribution >= 0.6 is 0 Å². The highest BCUT2D eigenvalue weighted by molar-refractivity contribution is 5.99. The Kier molecular flexibility index (Phi) is 4.04. The van der Waals surface area contributed by atoms with Gasteiger partial charge in [0.1, 0.15) is 22.8 Å². The molecule has 1 N–H and O–H groups in total. The van der Waals surface area contributed by atoms with Gasteiger partial charge in [0.25, 0.3) is 0 Å². The lowest BCUT2D eigenvalue weighted by Gasteiger charge is -2.48. The number of nitrogens with one attached hydrogen (secondary N) is 1. The Balaban J connectivity index is 1.56. The van der Waals surface area contributed by atoms with Crippen LogP contribution < -0.4 is 15.0 Å². The van der Waals surface area contributed by atoms with E-state index in [9.17, 15) is 4.39 Å². The lowest BCUT2D eigenvalue weighted by atomic mass is 9.91. The SMILES string of the molecule is COc1nc(N2CC3CC(C2)N3)c2cnc(-c3cccc4ccc(F)cc34)c(F)c2n1. The van der Waals surface area contributed by atoms with Crippen LogP contribution in [0.3, 0.4) is 0 Å². The monoisotopic (exact) mass is 419 g/mol. The third-order valence-electron chi connectivity index (χ3n) is 6.15. The maximum absolute atomic E-state index is 15.8. The van der Waals surface area contributed by atoms with Crippen LogP contribution in [0.2, 0.25) is 0 Å². The molecule has 31 heavy (non-hydrogen) atoms. The molecule has 2 aromatic heterocycles. The number of fused-ring (bicyclic) bond motifs is 4. The van der Waals surface area contributed by atoms with Crippen molar-refractivity contribution >= 4 is 27.5 Å². The van der Waals surface area contributed by atoms with Crippen LogP contribution in [0.5, 0.6) is 6.01 Å². The third kappa shape index (κ3) is 2.90. The Morgan fingerprint density at radius 1 is 1.06 bits per heavy atom. The van der Waals surface area contributed by atoms with E-state index in [2.05, 4.69) is 25.2 Å². The molecule has 3 aliphatic rings. The normalized spacial score (nSPS) is 20.2. The molecular weight excluding hydrogens is 400 g/mol. The van der Waals surface area contributed by atoms with Gasteiger partial charge >= 0.3 is 6.01 Å². The number of piperidine rings is 1. The van der Waals surface area contributed by atoms with Crippen LogP contribution in [0.1, 0.15) is 6.42 Å².